The molecular formula is C15H29N5. The van der Waals surface area contributed by atoms with Crippen LogP contribution in [-0.2, 0) is 13.5 Å². The minimum atomic E-state index is 0.221. The van der Waals surface area contributed by atoms with Gasteiger partial charge in [-0.05, 0) is 39.9 Å². The summed E-state index contributed by atoms with van der Waals surface area (Å²) in [5.74, 6) is 1.85. The van der Waals surface area contributed by atoms with Crippen molar-refractivity contribution in [1.29, 1.82) is 0 Å². The van der Waals surface area contributed by atoms with Gasteiger partial charge in [-0.15, -0.1) is 0 Å². The molecule has 1 fully saturated rings. The monoisotopic (exact) mass is 279 g/mol. The lowest BCUT2D eigenvalue weighted by Gasteiger charge is -2.50. The van der Waals surface area contributed by atoms with Gasteiger partial charge in [-0.3, -0.25) is 4.68 Å². The molecule has 1 aliphatic rings. The summed E-state index contributed by atoms with van der Waals surface area (Å²) < 4.78 is 1.89. The Balaban J connectivity index is 2.23. The van der Waals surface area contributed by atoms with Crippen molar-refractivity contribution in [3.8, 4) is 0 Å². The van der Waals surface area contributed by atoms with Crippen molar-refractivity contribution in [2.24, 2.45) is 13.0 Å². The van der Waals surface area contributed by atoms with E-state index in [1.165, 1.54) is 25.7 Å². The van der Waals surface area contributed by atoms with Crippen LogP contribution in [0.15, 0.2) is 6.33 Å². The van der Waals surface area contributed by atoms with Crippen LogP contribution in [0, 0.1) is 5.92 Å². The quantitative estimate of drug-likeness (QED) is 0.886. The van der Waals surface area contributed by atoms with Crippen LogP contribution in [0.3, 0.4) is 0 Å². The van der Waals surface area contributed by atoms with Crippen LogP contribution in [0.5, 0.6) is 0 Å². The Bertz CT molecular complexity index is 428. The summed E-state index contributed by atoms with van der Waals surface area (Å²) >= 11 is 0. The van der Waals surface area contributed by atoms with Crippen molar-refractivity contribution < 1.29 is 0 Å². The number of hydrogen-bond acceptors (Lipinski definition) is 4. The van der Waals surface area contributed by atoms with E-state index in [0.29, 0.717) is 6.04 Å². The Morgan fingerprint density at radius 3 is 2.80 bits per heavy atom. The van der Waals surface area contributed by atoms with Gasteiger partial charge >= 0.3 is 0 Å². The van der Waals surface area contributed by atoms with Gasteiger partial charge in [0.1, 0.15) is 12.2 Å². The SMILES string of the molecule is CNC(Cc1ncnn1C)C1(N(C)C)CCCC(C)C1. The molecule has 1 aliphatic carbocycles. The van der Waals surface area contributed by atoms with E-state index in [4.69, 9.17) is 0 Å². The lowest BCUT2D eigenvalue weighted by molar-refractivity contribution is 0.0390. The molecule has 0 radical (unpaired) electrons. The van der Waals surface area contributed by atoms with Gasteiger partial charge in [0.2, 0.25) is 0 Å². The molecule has 2 rings (SSSR count). The average molecular weight is 279 g/mol. The number of aromatic nitrogens is 3. The number of rotatable bonds is 5. The van der Waals surface area contributed by atoms with E-state index >= 15 is 0 Å². The van der Waals surface area contributed by atoms with Gasteiger partial charge in [0.25, 0.3) is 0 Å². The molecule has 3 unspecified atom stereocenters. The Kier molecular flexibility index (Phi) is 4.81. The van der Waals surface area contributed by atoms with Crippen molar-refractivity contribution >= 4 is 0 Å². The van der Waals surface area contributed by atoms with Crippen molar-refractivity contribution in [2.75, 3.05) is 21.1 Å². The Hall–Kier alpha value is -0.940. The summed E-state index contributed by atoms with van der Waals surface area (Å²) in [5.41, 5.74) is 0.221. The van der Waals surface area contributed by atoms with Crippen LogP contribution in [0.25, 0.3) is 0 Å². The van der Waals surface area contributed by atoms with Crippen LogP contribution < -0.4 is 5.32 Å². The highest BCUT2D eigenvalue weighted by molar-refractivity contribution is 5.05. The number of aryl methyl sites for hydroxylation is 1. The fourth-order valence-electron chi connectivity index (χ4n) is 3.85. The molecule has 114 valence electrons. The summed E-state index contributed by atoms with van der Waals surface area (Å²) in [6.07, 6.45) is 7.76. The summed E-state index contributed by atoms with van der Waals surface area (Å²) in [7, 11) is 8.49. The van der Waals surface area contributed by atoms with E-state index in [0.717, 1.165) is 18.2 Å². The van der Waals surface area contributed by atoms with E-state index in [1.807, 2.05) is 11.7 Å². The predicted molar refractivity (Wildman–Crippen MR) is 81.6 cm³/mol. The maximum Gasteiger partial charge on any atom is 0.138 e. The molecule has 0 saturated heterocycles. The number of likely N-dealkylation sites (N-methyl/N-ethyl adjacent to an activating group) is 2. The topological polar surface area (TPSA) is 46.0 Å². The fourth-order valence-corrected chi connectivity index (χ4v) is 3.85. The standard InChI is InChI=1S/C15H29N5/c1-12-7-6-8-15(10-12,19(3)4)13(16-2)9-14-17-11-18-20(14)5/h11-13,16H,6-10H2,1-5H3. The largest absolute Gasteiger partial charge is 0.315 e. The first kappa shape index (κ1) is 15.4. The van der Waals surface area contributed by atoms with Crippen molar-refractivity contribution in [3.63, 3.8) is 0 Å². The molecule has 5 heteroatoms. The number of nitrogens with zero attached hydrogens (tertiary/aromatic N) is 4. The normalized spacial score (nSPS) is 28.8. The predicted octanol–water partition coefficient (Wildman–Crippen LogP) is 1.46. The van der Waals surface area contributed by atoms with E-state index in [-0.39, 0.29) is 5.54 Å². The average Bonchev–Trinajstić information content (AvgIpc) is 2.81. The molecule has 3 atom stereocenters. The first-order chi connectivity index (χ1) is 9.49. The van der Waals surface area contributed by atoms with E-state index in [1.54, 1.807) is 6.33 Å². The molecule has 0 amide bonds. The molecule has 1 aromatic rings. The second-order valence-electron chi connectivity index (χ2n) is 6.54. The van der Waals surface area contributed by atoms with Crippen LogP contribution in [0.1, 0.15) is 38.4 Å². The van der Waals surface area contributed by atoms with E-state index in [2.05, 4.69) is 48.4 Å². The second-order valence-corrected chi connectivity index (χ2v) is 6.54. The first-order valence-electron chi connectivity index (χ1n) is 7.67. The van der Waals surface area contributed by atoms with E-state index in [9.17, 15) is 0 Å². The van der Waals surface area contributed by atoms with Gasteiger partial charge in [-0.1, -0.05) is 19.8 Å². The van der Waals surface area contributed by atoms with Gasteiger partial charge in [-0.2, -0.15) is 5.10 Å². The number of nitrogens with one attached hydrogen (secondary N) is 1. The van der Waals surface area contributed by atoms with Gasteiger partial charge in [0, 0.05) is 25.0 Å². The van der Waals surface area contributed by atoms with Crippen LogP contribution in [0.2, 0.25) is 0 Å². The van der Waals surface area contributed by atoms with Gasteiger partial charge in [0.05, 0.1) is 0 Å². The first-order valence-corrected chi connectivity index (χ1v) is 7.67. The zero-order chi connectivity index (χ0) is 14.8. The maximum atomic E-state index is 4.40. The molecule has 1 heterocycles. The third-order valence-corrected chi connectivity index (χ3v) is 5.09. The smallest absolute Gasteiger partial charge is 0.138 e. The Labute approximate surface area is 122 Å². The molecular weight excluding hydrogens is 250 g/mol. The summed E-state index contributed by atoms with van der Waals surface area (Å²) in [6, 6.07) is 0.406. The Morgan fingerprint density at radius 1 is 1.55 bits per heavy atom. The lowest BCUT2D eigenvalue weighted by Crippen LogP contribution is -2.61. The molecule has 0 spiro atoms. The summed E-state index contributed by atoms with van der Waals surface area (Å²) in [5, 5.41) is 7.75. The summed E-state index contributed by atoms with van der Waals surface area (Å²) in [4.78, 5) is 6.83. The zero-order valence-electron chi connectivity index (χ0n) is 13.6. The van der Waals surface area contributed by atoms with Gasteiger partial charge in [-0.25, -0.2) is 4.98 Å². The minimum absolute atomic E-state index is 0.221. The van der Waals surface area contributed by atoms with Gasteiger partial charge < -0.3 is 10.2 Å². The van der Waals surface area contributed by atoms with Gasteiger partial charge in [0.15, 0.2) is 0 Å². The molecule has 1 aromatic heterocycles. The molecule has 1 N–H and O–H groups in total. The van der Waals surface area contributed by atoms with Crippen molar-refractivity contribution in [2.45, 2.75) is 50.6 Å². The van der Waals surface area contributed by atoms with E-state index < -0.39 is 0 Å². The van der Waals surface area contributed by atoms with Crippen molar-refractivity contribution in [3.05, 3.63) is 12.2 Å². The lowest BCUT2D eigenvalue weighted by atomic mass is 9.70. The number of hydrogen-bond donors (Lipinski definition) is 1. The highest BCUT2D eigenvalue weighted by Crippen LogP contribution is 2.38. The Morgan fingerprint density at radius 2 is 2.30 bits per heavy atom. The molecule has 5 nitrogen and oxygen atoms in total. The van der Waals surface area contributed by atoms with Crippen LogP contribution >= 0.6 is 0 Å². The second kappa shape index (κ2) is 6.22. The minimum Gasteiger partial charge on any atom is -0.315 e. The highest BCUT2D eigenvalue weighted by atomic mass is 15.3. The molecule has 0 aromatic carbocycles. The summed E-state index contributed by atoms with van der Waals surface area (Å²) in [6.45, 7) is 2.38. The molecule has 0 bridgehead atoms. The highest BCUT2D eigenvalue weighted by Gasteiger charge is 2.43. The van der Waals surface area contributed by atoms with Crippen LogP contribution in [0.4, 0.5) is 0 Å². The molecule has 20 heavy (non-hydrogen) atoms. The third-order valence-electron chi connectivity index (χ3n) is 5.09. The van der Waals surface area contributed by atoms with Crippen LogP contribution in [-0.4, -0.2) is 52.4 Å². The van der Waals surface area contributed by atoms with Crippen molar-refractivity contribution in [1.82, 2.24) is 25.0 Å². The molecule has 0 aliphatic heterocycles. The fraction of sp³-hybridized carbons (Fsp3) is 0.867. The molecule has 1 saturated carbocycles. The zero-order valence-corrected chi connectivity index (χ0v) is 13.6. The third kappa shape index (κ3) is 2.88. The maximum absolute atomic E-state index is 4.40.